The Labute approximate surface area is 120 Å². The van der Waals surface area contributed by atoms with E-state index in [1.54, 1.807) is 7.11 Å². The summed E-state index contributed by atoms with van der Waals surface area (Å²) in [4.78, 5) is 9.13. The smallest absolute Gasteiger partial charge is 0.240 e. The van der Waals surface area contributed by atoms with Crippen LogP contribution in [-0.4, -0.2) is 73.9 Å². The van der Waals surface area contributed by atoms with Crippen LogP contribution in [0.15, 0.2) is 4.52 Å². The van der Waals surface area contributed by atoms with E-state index >= 15 is 0 Å². The Balaban J connectivity index is 1.92. The number of rotatable bonds is 6. The van der Waals surface area contributed by atoms with E-state index in [0.717, 1.165) is 32.0 Å². The second-order valence-electron chi connectivity index (χ2n) is 5.33. The highest BCUT2D eigenvalue weighted by atomic mass is 16.5. The number of likely N-dealkylation sites (N-methyl/N-ethyl adjacent to an activating group) is 2. The highest BCUT2D eigenvalue weighted by molar-refractivity contribution is 4.97. The molecular formula is C13H25N5O2. The first kappa shape index (κ1) is 15.4. The van der Waals surface area contributed by atoms with Crippen LogP contribution < -0.4 is 5.32 Å². The second kappa shape index (κ2) is 7.68. The Morgan fingerprint density at radius 1 is 1.40 bits per heavy atom. The summed E-state index contributed by atoms with van der Waals surface area (Å²) in [7, 11) is 5.95. The molecule has 0 amide bonds. The zero-order valence-corrected chi connectivity index (χ0v) is 12.6. The molecule has 0 radical (unpaired) electrons. The average Bonchev–Trinajstić information content (AvgIpc) is 2.82. The number of methoxy groups -OCH3 is 1. The van der Waals surface area contributed by atoms with E-state index in [1.807, 2.05) is 0 Å². The van der Waals surface area contributed by atoms with Crippen LogP contribution in [0.3, 0.4) is 0 Å². The molecule has 1 aromatic rings. The zero-order chi connectivity index (χ0) is 14.4. The summed E-state index contributed by atoms with van der Waals surface area (Å²) >= 11 is 0. The van der Waals surface area contributed by atoms with Gasteiger partial charge in [0.25, 0.3) is 0 Å². The Bertz CT molecular complexity index is 398. The van der Waals surface area contributed by atoms with Crippen molar-refractivity contribution in [3.05, 3.63) is 11.7 Å². The fourth-order valence-corrected chi connectivity index (χ4v) is 2.40. The first-order chi connectivity index (χ1) is 9.70. The number of nitrogens with zero attached hydrogens (tertiary/aromatic N) is 4. The topological polar surface area (TPSA) is 66.7 Å². The Morgan fingerprint density at radius 2 is 2.25 bits per heavy atom. The van der Waals surface area contributed by atoms with Gasteiger partial charge in [-0.05, 0) is 33.6 Å². The maximum atomic E-state index is 5.31. The Morgan fingerprint density at radius 3 is 3.05 bits per heavy atom. The molecule has 1 fully saturated rings. The summed E-state index contributed by atoms with van der Waals surface area (Å²) < 4.78 is 10.3. The van der Waals surface area contributed by atoms with Gasteiger partial charge in [0.15, 0.2) is 5.82 Å². The summed E-state index contributed by atoms with van der Waals surface area (Å²) in [5.74, 6) is 1.42. The first-order valence-electron chi connectivity index (χ1n) is 7.11. The number of aromatic nitrogens is 2. The van der Waals surface area contributed by atoms with E-state index in [0.29, 0.717) is 19.0 Å². The Kier molecular flexibility index (Phi) is 5.90. The van der Waals surface area contributed by atoms with Crippen molar-refractivity contribution in [1.82, 2.24) is 25.3 Å². The maximum Gasteiger partial charge on any atom is 0.240 e. The molecule has 0 bridgehead atoms. The fourth-order valence-electron chi connectivity index (χ4n) is 2.40. The van der Waals surface area contributed by atoms with Gasteiger partial charge < -0.3 is 19.5 Å². The molecule has 1 aliphatic heterocycles. The molecule has 0 aromatic carbocycles. The molecule has 1 saturated heterocycles. The van der Waals surface area contributed by atoms with Gasteiger partial charge in [-0.15, -0.1) is 0 Å². The van der Waals surface area contributed by atoms with Gasteiger partial charge >= 0.3 is 0 Å². The van der Waals surface area contributed by atoms with Gasteiger partial charge in [0, 0.05) is 20.2 Å². The van der Waals surface area contributed by atoms with E-state index in [2.05, 4.69) is 39.4 Å². The van der Waals surface area contributed by atoms with E-state index in [1.165, 1.54) is 6.42 Å². The van der Waals surface area contributed by atoms with Crippen LogP contribution in [-0.2, 0) is 11.3 Å². The summed E-state index contributed by atoms with van der Waals surface area (Å²) in [6.45, 7) is 5.15. The minimum Gasteiger partial charge on any atom is -0.383 e. The van der Waals surface area contributed by atoms with Crippen LogP contribution in [0.25, 0.3) is 0 Å². The summed E-state index contributed by atoms with van der Waals surface area (Å²) in [6.07, 6.45) is 1.17. The van der Waals surface area contributed by atoms with Crippen molar-refractivity contribution < 1.29 is 9.26 Å². The Hall–Kier alpha value is -1.02. The zero-order valence-electron chi connectivity index (χ0n) is 12.6. The van der Waals surface area contributed by atoms with Crippen LogP contribution in [0.4, 0.5) is 0 Å². The second-order valence-corrected chi connectivity index (χ2v) is 5.33. The summed E-state index contributed by atoms with van der Waals surface area (Å²) in [6, 6.07) is 0.207. The average molecular weight is 283 g/mol. The van der Waals surface area contributed by atoms with Crippen LogP contribution in [0, 0.1) is 0 Å². The third-order valence-electron chi connectivity index (χ3n) is 3.61. The van der Waals surface area contributed by atoms with Gasteiger partial charge in [0.05, 0.1) is 19.2 Å². The molecule has 2 heterocycles. The lowest BCUT2D eigenvalue weighted by Crippen LogP contribution is -2.31. The van der Waals surface area contributed by atoms with Gasteiger partial charge in [-0.25, -0.2) is 0 Å². The maximum absolute atomic E-state index is 5.31. The molecule has 7 nitrogen and oxygen atoms in total. The van der Waals surface area contributed by atoms with Crippen LogP contribution >= 0.6 is 0 Å². The highest BCUT2D eigenvalue weighted by Crippen LogP contribution is 2.20. The lowest BCUT2D eigenvalue weighted by atomic mass is 10.2. The third-order valence-corrected chi connectivity index (χ3v) is 3.61. The van der Waals surface area contributed by atoms with Crippen LogP contribution in [0.1, 0.15) is 24.2 Å². The molecule has 1 unspecified atom stereocenters. The number of nitrogens with one attached hydrogen (secondary N) is 1. The largest absolute Gasteiger partial charge is 0.383 e. The predicted molar refractivity (Wildman–Crippen MR) is 75.4 cm³/mol. The molecule has 20 heavy (non-hydrogen) atoms. The number of ether oxygens (including phenoxy) is 1. The van der Waals surface area contributed by atoms with Crippen molar-refractivity contribution in [3.8, 4) is 0 Å². The van der Waals surface area contributed by atoms with Gasteiger partial charge in [-0.2, -0.15) is 4.98 Å². The normalized spacial score (nSPS) is 22.1. The van der Waals surface area contributed by atoms with E-state index < -0.39 is 0 Å². The standard InChI is InChI=1S/C13H25N5O2/c1-17-6-4-7-18(2)11(10-17)13-15-12(20-16-13)9-14-5-8-19-3/h11,14H,4-10H2,1-3H3. The van der Waals surface area contributed by atoms with E-state index in [4.69, 9.17) is 9.26 Å². The molecule has 114 valence electrons. The quantitative estimate of drug-likeness (QED) is 0.743. The minimum atomic E-state index is 0.207. The third kappa shape index (κ3) is 4.24. The summed E-state index contributed by atoms with van der Waals surface area (Å²) in [5.41, 5.74) is 0. The van der Waals surface area contributed by atoms with Crippen molar-refractivity contribution >= 4 is 0 Å². The van der Waals surface area contributed by atoms with Crippen molar-refractivity contribution in [3.63, 3.8) is 0 Å². The molecular weight excluding hydrogens is 258 g/mol. The van der Waals surface area contributed by atoms with E-state index in [9.17, 15) is 0 Å². The predicted octanol–water partition coefficient (Wildman–Crippen LogP) is 0.114. The van der Waals surface area contributed by atoms with E-state index in [-0.39, 0.29) is 6.04 Å². The van der Waals surface area contributed by atoms with Crippen LogP contribution in [0.2, 0.25) is 0 Å². The highest BCUT2D eigenvalue weighted by Gasteiger charge is 2.26. The number of hydrogen-bond donors (Lipinski definition) is 1. The minimum absolute atomic E-state index is 0.207. The fraction of sp³-hybridized carbons (Fsp3) is 0.846. The molecule has 1 aromatic heterocycles. The molecule has 1 aliphatic rings. The van der Waals surface area contributed by atoms with Gasteiger partial charge in [-0.1, -0.05) is 5.16 Å². The number of hydrogen-bond acceptors (Lipinski definition) is 7. The molecule has 7 heteroatoms. The van der Waals surface area contributed by atoms with Crippen molar-refractivity contribution in [2.24, 2.45) is 0 Å². The molecule has 0 spiro atoms. The lowest BCUT2D eigenvalue weighted by Gasteiger charge is -2.24. The van der Waals surface area contributed by atoms with Gasteiger partial charge in [0.1, 0.15) is 0 Å². The van der Waals surface area contributed by atoms with Crippen molar-refractivity contribution in [1.29, 1.82) is 0 Å². The van der Waals surface area contributed by atoms with Crippen molar-refractivity contribution in [2.75, 3.05) is 54.0 Å². The lowest BCUT2D eigenvalue weighted by molar-refractivity contribution is 0.197. The van der Waals surface area contributed by atoms with Crippen LogP contribution in [0.5, 0.6) is 0 Å². The van der Waals surface area contributed by atoms with Gasteiger partial charge in [0.2, 0.25) is 5.89 Å². The monoisotopic (exact) mass is 283 g/mol. The SMILES string of the molecule is COCCNCc1nc(C2CN(C)CCCN2C)no1. The molecule has 0 saturated carbocycles. The molecule has 1 atom stereocenters. The molecule has 1 N–H and O–H groups in total. The first-order valence-corrected chi connectivity index (χ1v) is 7.11. The van der Waals surface area contributed by atoms with Crippen molar-refractivity contribution in [2.45, 2.75) is 19.0 Å². The van der Waals surface area contributed by atoms with Gasteiger partial charge in [-0.3, -0.25) is 4.90 Å². The summed E-state index contributed by atoms with van der Waals surface area (Å²) in [5, 5.41) is 7.35. The molecule has 2 rings (SSSR count). The molecule has 0 aliphatic carbocycles.